The lowest BCUT2D eigenvalue weighted by Crippen LogP contribution is -2.70. The molecular formula is C15H16N6O8S. The van der Waals surface area contributed by atoms with Crippen LogP contribution in [0.25, 0.3) is 0 Å². The molecule has 2 fully saturated rings. The summed E-state index contributed by atoms with van der Waals surface area (Å²) < 4.78 is 0. The fourth-order valence-electron chi connectivity index (χ4n) is 2.71. The van der Waals surface area contributed by atoms with Gasteiger partial charge >= 0.3 is 18.0 Å². The number of nitrogens with one attached hydrogen (secondary N) is 1. The number of hydrogen-bond donors (Lipinski definition) is 4. The number of nitrogens with two attached hydrogens (primary N) is 1. The number of aliphatic carboxylic acids is 2. The average Bonchev–Trinajstić information content (AvgIpc) is 3.05. The van der Waals surface area contributed by atoms with Crippen LogP contribution in [0.15, 0.2) is 10.5 Å². The Balaban J connectivity index is 1.62. The quantitative estimate of drug-likeness (QED) is 0.211. The molecule has 30 heavy (non-hydrogen) atoms. The number of hydrogen-bond acceptors (Lipinski definition) is 10. The van der Waals surface area contributed by atoms with Gasteiger partial charge in [0.1, 0.15) is 17.8 Å². The first-order valence-corrected chi connectivity index (χ1v) is 9.35. The van der Waals surface area contributed by atoms with E-state index in [-0.39, 0.29) is 23.9 Å². The number of anilines is 1. The minimum absolute atomic E-state index is 0.0185. The summed E-state index contributed by atoms with van der Waals surface area (Å²) in [6.45, 7) is -0.740. The predicted molar refractivity (Wildman–Crippen MR) is 98.4 cm³/mol. The maximum absolute atomic E-state index is 12.5. The van der Waals surface area contributed by atoms with Crippen LogP contribution in [0.2, 0.25) is 0 Å². The number of nitrogens with zero attached hydrogens (tertiary/aromatic N) is 4. The fourth-order valence-corrected chi connectivity index (χ4v) is 3.26. The Kier molecular flexibility index (Phi) is 5.81. The molecule has 2 unspecified atom stereocenters. The molecule has 2 aliphatic heterocycles. The zero-order chi connectivity index (χ0) is 22.0. The van der Waals surface area contributed by atoms with E-state index in [2.05, 4.69) is 20.3 Å². The molecule has 0 saturated carbocycles. The second kappa shape index (κ2) is 8.32. The Morgan fingerprint density at radius 3 is 2.60 bits per heavy atom. The number of carboxylic acid groups (broad SMARTS) is 2. The number of carbonyl (C=O) groups is 5. The van der Waals surface area contributed by atoms with Crippen molar-refractivity contribution in [1.82, 2.24) is 20.1 Å². The molecule has 3 rings (SSSR count). The van der Waals surface area contributed by atoms with E-state index in [4.69, 9.17) is 15.9 Å². The zero-order valence-corrected chi connectivity index (χ0v) is 16.0. The van der Waals surface area contributed by atoms with Crippen molar-refractivity contribution in [1.29, 1.82) is 0 Å². The van der Waals surface area contributed by atoms with Gasteiger partial charge in [0.15, 0.2) is 10.8 Å². The van der Waals surface area contributed by atoms with E-state index in [0.717, 1.165) is 21.1 Å². The summed E-state index contributed by atoms with van der Waals surface area (Å²) in [4.78, 5) is 69.0. The minimum Gasteiger partial charge on any atom is -0.480 e. The van der Waals surface area contributed by atoms with E-state index in [1.165, 1.54) is 5.38 Å². The number of amides is 4. The largest absolute Gasteiger partial charge is 0.480 e. The molecule has 2 aliphatic rings. The van der Waals surface area contributed by atoms with Gasteiger partial charge < -0.3 is 31.0 Å². The van der Waals surface area contributed by atoms with Crippen molar-refractivity contribution in [2.75, 3.05) is 25.4 Å². The van der Waals surface area contributed by atoms with Gasteiger partial charge in [-0.25, -0.2) is 19.4 Å². The first kappa shape index (κ1) is 21.0. The maximum atomic E-state index is 12.5. The molecule has 2 atom stereocenters. The lowest BCUT2D eigenvalue weighted by Gasteiger charge is -2.45. The monoisotopic (exact) mass is 440 g/mol. The predicted octanol–water partition coefficient (Wildman–Crippen LogP) is -1.86. The zero-order valence-electron chi connectivity index (χ0n) is 15.2. The Morgan fingerprint density at radius 2 is 2.10 bits per heavy atom. The third kappa shape index (κ3) is 4.14. The first-order chi connectivity index (χ1) is 14.2. The van der Waals surface area contributed by atoms with Crippen molar-refractivity contribution in [2.24, 2.45) is 5.16 Å². The van der Waals surface area contributed by atoms with Crippen molar-refractivity contribution < 1.29 is 39.0 Å². The van der Waals surface area contributed by atoms with Gasteiger partial charge in [-0.1, -0.05) is 5.16 Å². The van der Waals surface area contributed by atoms with Gasteiger partial charge in [0, 0.05) is 11.9 Å². The van der Waals surface area contributed by atoms with Crippen LogP contribution in [-0.2, 0) is 24.0 Å². The molecule has 1 aromatic heterocycles. The van der Waals surface area contributed by atoms with Crippen LogP contribution in [0, 0.1) is 0 Å². The standard InChI is InChI=1S/C15H16N6O8S/c16-14-18-7(5-30-14)10(19-29-4-9(22)23)11(24)17-6-3-21(12(6)25)15(28)20-2-1-8(20)13(26)27/h5-6,8H,1-4H2,(H2,16,18)(H,17,24)(H,22,23)(H,26,27). The number of imide groups is 1. The Hall–Kier alpha value is -3.75. The van der Waals surface area contributed by atoms with E-state index in [1.807, 2.05) is 0 Å². The van der Waals surface area contributed by atoms with Gasteiger partial charge in [-0.15, -0.1) is 11.3 Å². The third-order valence-electron chi connectivity index (χ3n) is 4.34. The van der Waals surface area contributed by atoms with E-state index >= 15 is 0 Å². The van der Waals surface area contributed by atoms with Crippen LogP contribution in [0.4, 0.5) is 9.93 Å². The molecule has 0 radical (unpaired) electrons. The van der Waals surface area contributed by atoms with Crippen molar-refractivity contribution in [2.45, 2.75) is 18.5 Å². The van der Waals surface area contributed by atoms with E-state index in [1.54, 1.807) is 0 Å². The van der Waals surface area contributed by atoms with Crippen molar-refractivity contribution >= 4 is 52.0 Å². The highest BCUT2D eigenvalue weighted by molar-refractivity contribution is 7.13. The Labute approximate surface area is 171 Å². The average molecular weight is 440 g/mol. The van der Waals surface area contributed by atoms with Gasteiger partial charge in [-0.2, -0.15) is 0 Å². The molecule has 3 heterocycles. The van der Waals surface area contributed by atoms with Crippen molar-refractivity contribution in [3.05, 3.63) is 11.1 Å². The number of carboxylic acids is 2. The van der Waals surface area contributed by atoms with E-state index < -0.39 is 54.2 Å². The van der Waals surface area contributed by atoms with Gasteiger partial charge in [-0.05, 0) is 6.42 Å². The number of β-lactam (4-membered cyclic amide) rings is 1. The molecule has 0 aliphatic carbocycles. The van der Waals surface area contributed by atoms with E-state index in [9.17, 15) is 24.0 Å². The molecule has 4 amide bonds. The van der Waals surface area contributed by atoms with Crippen LogP contribution in [-0.4, -0.2) is 92.3 Å². The lowest BCUT2D eigenvalue weighted by molar-refractivity contribution is -0.149. The summed E-state index contributed by atoms with van der Waals surface area (Å²) in [6.07, 6.45) is 0.302. The number of rotatable bonds is 7. The number of thiazole rings is 1. The Bertz CT molecular complexity index is 945. The van der Waals surface area contributed by atoms with Crippen molar-refractivity contribution in [3.63, 3.8) is 0 Å². The SMILES string of the molecule is Nc1nc(C(=NOCC(=O)O)C(=O)NC2CN(C(=O)N3CCC3C(=O)O)C2=O)cs1. The summed E-state index contributed by atoms with van der Waals surface area (Å²) in [5, 5.41) is 25.0. The number of oxime groups is 1. The molecule has 2 saturated heterocycles. The Morgan fingerprint density at radius 1 is 1.37 bits per heavy atom. The third-order valence-corrected chi connectivity index (χ3v) is 5.01. The first-order valence-electron chi connectivity index (χ1n) is 8.47. The molecule has 5 N–H and O–H groups in total. The fraction of sp³-hybridized carbons (Fsp3) is 0.400. The second-order valence-corrected chi connectivity index (χ2v) is 7.16. The lowest BCUT2D eigenvalue weighted by atomic mass is 10.0. The molecule has 0 aromatic carbocycles. The number of aromatic nitrogens is 1. The maximum Gasteiger partial charge on any atom is 0.344 e. The van der Waals surface area contributed by atoms with Crippen LogP contribution in [0.5, 0.6) is 0 Å². The van der Waals surface area contributed by atoms with Crippen LogP contribution < -0.4 is 11.1 Å². The molecule has 0 bridgehead atoms. The smallest absolute Gasteiger partial charge is 0.344 e. The number of carbonyl (C=O) groups excluding carboxylic acids is 3. The highest BCUT2D eigenvalue weighted by Crippen LogP contribution is 2.23. The molecule has 1 aromatic rings. The summed E-state index contributed by atoms with van der Waals surface area (Å²) in [7, 11) is 0. The summed E-state index contributed by atoms with van der Waals surface area (Å²) in [5.74, 6) is -4.07. The van der Waals surface area contributed by atoms with Crippen LogP contribution in [0.1, 0.15) is 12.1 Å². The molecule has 0 spiro atoms. The van der Waals surface area contributed by atoms with E-state index in [0.29, 0.717) is 6.42 Å². The summed E-state index contributed by atoms with van der Waals surface area (Å²) >= 11 is 1.01. The van der Waals surface area contributed by atoms with Gasteiger partial charge in [0.2, 0.25) is 6.61 Å². The van der Waals surface area contributed by atoms with Crippen molar-refractivity contribution in [3.8, 4) is 0 Å². The van der Waals surface area contributed by atoms with Crippen LogP contribution >= 0.6 is 11.3 Å². The number of likely N-dealkylation sites (tertiary alicyclic amines) is 2. The van der Waals surface area contributed by atoms with Gasteiger partial charge in [0.25, 0.3) is 11.8 Å². The normalized spacial score (nSPS) is 20.8. The highest BCUT2D eigenvalue weighted by Gasteiger charge is 2.48. The summed E-state index contributed by atoms with van der Waals surface area (Å²) in [5.41, 5.74) is 5.15. The molecule has 160 valence electrons. The van der Waals surface area contributed by atoms with Crippen LogP contribution in [0.3, 0.4) is 0 Å². The minimum atomic E-state index is -1.31. The number of nitrogen functional groups attached to an aromatic ring is 1. The van der Waals surface area contributed by atoms with Gasteiger partial charge in [-0.3, -0.25) is 14.5 Å². The number of urea groups is 1. The molecular weight excluding hydrogens is 424 g/mol. The summed E-state index contributed by atoms with van der Waals surface area (Å²) in [6, 6.07) is -2.76. The molecule has 15 heteroatoms. The van der Waals surface area contributed by atoms with Gasteiger partial charge in [0.05, 0.1) is 6.54 Å². The topological polar surface area (TPSA) is 205 Å². The molecule has 14 nitrogen and oxygen atoms in total. The highest BCUT2D eigenvalue weighted by atomic mass is 32.1. The second-order valence-electron chi connectivity index (χ2n) is 6.27.